The van der Waals surface area contributed by atoms with Gasteiger partial charge in [0.1, 0.15) is 6.04 Å². The molecule has 0 fully saturated rings. The van der Waals surface area contributed by atoms with Gasteiger partial charge in [-0.25, -0.2) is 4.79 Å². The van der Waals surface area contributed by atoms with E-state index < -0.39 is 12.1 Å². The van der Waals surface area contributed by atoms with Gasteiger partial charge in [0.25, 0.3) is 0 Å². The van der Waals surface area contributed by atoms with Crippen molar-refractivity contribution in [2.75, 3.05) is 18.6 Å². The van der Waals surface area contributed by atoms with Crippen molar-refractivity contribution < 1.29 is 14.7 Å². The Balaban J connectivity index is 4.46. The van der Waals surface area contributed by atoms with Crippen LogP contribution in [0.4, 0.5) is 4.79 Å². The van der Waals surface area contributed by atoms with Crippen LogP contribution in [0.25, 0.3) is 0 Å². The molecule has 3 amide bonds. The Hall–Kier alpha value is -0.950. The number of aliphatic hydroxyl groups is 1. The van der Waals surface area contributed by atoms with E-state index in [9.17, 15) is 14.7 Å². The van der Waals surface area contributed by atoms with Gasteiger partial charge in [0.2, 0.25) is 5.91 Å². The molecule has 0 rings (SSSR count). The number of hydrogen-bond acceptors (Lipinski definition) is 4. The van der Waals surface area contributed by atoms with E-state index >= 15 is 0 Å². The second-order valence-electron chi connectivity index (χ2n) is 4.86. The zero-order valence-electron chi connectivity index (χ0n) is 11.8. The van der Waals surface area contributed by atoms with Crippen molar-refractivity contribution in [3.63, 3.8) is 0 Å². The van der Waals surface area contributed by atoms with Gasteiger partial charge in [-0.2, -0.15) is 11.8 Å². The van der Waals surface area contributed by atoms with Gasteiger partial charge in [0.15, 0.2) is 0 Å². The van der Waals surface area contributed by atoms with Crippen molar-refractivity contribution in [3.05, 3.63) is 0 Å². The quantitative estimate of drug-likeness (QED) is 0.490. The van der Waals surface area contributed by atoms with Gasteiger partial charge in [-0.15, -0.1) is 0 Å². The molecule has 0 spiro atoms. The van der Waals surface area contributed by atoms with Crippen LogP contribution < -0.4 is 16.4 Å². The van der Waals surface area contributed by atoms with Crippen LogP contribution in [0.5, 0.6) is 0 Å². The van der Waals surface area contributed by atoms with Gasteiger partial charge in [0, 0.05) is 0 Å². The van der Waals surface area contributed by atoms with Crippen molar-refractivity contribution in [1.82, 2.24) is 10.6 Å². The molecule has 2 unspecified atom stereocenters. The molecule has 0 aromatic heterocycles. The Kier molecular flexibility index (Phi) is 9.42. The number of rotatable bonds is 9. The lowest BCUT2D eigenvalue weighted by molar-refractivity contribution is -0.124. The predicted molar refractivity (Wildman–Crippen MR) is 78.0 cm³/mol. The highest BCUT2D eigenvalue weighted by Crippen LogP contribution is 2.06. The van der Waals surface area contributed by atoms with E-state index in [4.69, 9.17) is 5.73 Å². The highest BCUT2D eigenvalue weighted by molar-refractivity contribution is 7.98. The van der Waals surface area contributed by atoms with E-state index in [1.165, 1.54) is 0 Å². The summed E-state index contributed by atoms with van der Waals surface area (Å²) >= 11 is 1.59. The minimum atomic E-state index is -0.717. The van der Waals surface area contributed by atoms with Gasteiger partial charge in [0.05, 0.1) is 12.6 Å². The molecule has 0 saturated heterocycles. The lowest BCUT2D eigenvalue weighted by Gasteiger charge is -2.22. The first kappa shape index (κ1) is 18.0. The molecule has 2 atom stereocenters. The van der Waals surface area contributed by atoms with Crippen LogP contribution in [0.1, 0.15) is 26.7 Å². The van der Waals surface area contributed by atoms with Crippen LogP contribution in [0.3, 0.4) is 0 Å². The summed E-state index contributed by atoms with van der Waals surface area (Å²) in [7, 11) is 0. The van der Waals surface area contributed by atoms with Crippen molar-refractivity contribution in [3.8, 4) is 0 Å². The van der Waals surface area contributed by atoms with Gasteiger partial charge in [-0.3, -0.25) is 4.79 Å². The van der Waals surface area contributed by atoms with Gasteiger partial charge in [-0.05, 0) is 30.8 Å². The fourth-order valence-electron chi connectivity index (χ4n) is 1.73. The molecule has 5 N–H and O–H groups in total. The van der Waals surface area contributed by atoms with E-state index in [-0.39, 0.29) is 18.6 Å². The maximum Gasteiger partial charge on any atom is 0.312 e. The maximum absolute atomic E-state index is 12.0. The Labute approximate surface area is 118 Å². The zero-order valence-corrected chi connectivity index (χ0v) is 12.6. The van der Waals surface area contributed by atoms with Crippen molar-refractivity contribution in [1.29, 1.82) is 0 Å². The first-order chi connectivity index (χ1) is 8.90. The van der Waals surface area contributed by atoms with Crippen LogP contribution in [-0.4, -0.2) is 47.7 Å². The summed E-state index contributed by atoms with van der Waals surface area (Å²) in [5, 5.41) is 14.4. The number of aliphatic hydroxyl groups excluding tert-OH is 1. The molecule has 0 aliphatic heterocycles. The lowest BCUT2D eigenvalue weighted by atomic mass is 10.0. The number of nitrogens with one attached hydrogen (secondary N) is 2. The number of primary amides is 1. The molecule has 6 nitrogen and oxygen atoms in total. The van der Waals surface area contributed by atoms with Crippen LogP contribution in [0.2, 0.25) is 0 Å². The Morgan fingerprint density at radius 3 is 2.37 bits per heavy atom. The molecular formula is C12H25N3O3S. The summed E-state index contributed by atoms with van der Waals surface area (Å²) in [5.41, 5.74) is 5.06. The van der Waals surface area contributed by atoms with Crippen molar-refractivity contribution in [2.24, 2.45) is 11.7 Å². The van der Waals surface area contributed by atoms with Crippen LogP contribution in [0, 0.1) is 5.92 Å². The predicted octanol–water partition coefficient (Wildman–Crippen LogP) is 0.300. The Morgan fingerprint density at radius 2 is 1.95 bits per heavy atom. The van der Waals surface area contributed by atoms with E-state index in [1.807, 2.05) is 20.1 Å². The summed E-state index contributed by atoms with van der Waals surface area (Å²) in [6.45, 7) is 3.92. The monoisotopic (exact) mass is 291 g/mol. The lowest BCUT2D eigenvalue weighted by Crippen LogP contribution is -2.52. The average molecular weight is 291 g/mol. The number of urea groups is 1. The molecule has 0 radical (unpaired) electrons. The summed E-state index contributed by atoms with van der Waals surface area (Å²) in [6.07, 6.45) is 3.12. The molecule has 0 bridgehead atoms. The zero-order chi connectivity index (χ0) is 14.8. The third kappa shape index (κ3) is 8.72. The fourth-order valence-corrected chi connectivity index (χ4v) is 2.20. The van der Waals surface area contributed by atoms with Crippen LogP contribution in [-0.2, 0) is 4.79 Å². The Bertz CT molecular complexity index is 287. The molecule has 0 aromatic carbocycles. The minimum absolute atomic E-state index is 0.115. The van der Waals surface area contributed by atoms with Crippen LogP contribution in [0.15, 0.2) is 0 Å². The van der Waals surface area contributed by atoms with E-state index in [2.05, 4.69) is 10.6 Å². The fraction of sp³-hybridized carbons (Fsp3) is 0.833. The number of thioether (sulfide) groups is 1. The SMILES string of the molecule is CSCCC(NC(N)=O)C(=O)NC(CO)CC(C)C. The molecule has 0 aliphatic rings. The van der Waals surface area contributed by atoms with Gasteiger partial charge in [-0.1, -0.05) is 13.8 Å². The first-order valence-electron chi connectivity index (χ1n) is 6.36. The summed E-state index contributed by atoms with van der Waals surface area (Å²) < 4.78 is 0. The van der Waals surface area contributed by atoms with E-state index in [1.54, 1.807) is 11.8 Å². The number of carbonyl (C=O) groups excluding carboxylic acids is 2. The van der Waals surface area contributed by atoms with E-state index in [0.717, 1.165) is 5.75 Å². The standard InChI is InChI=1S/C12H25N3O3S/c1-8(2)6-9(7-16)14-11(17)10(4-5-19-3)15-12(13)18/h8-10,16H,4-7H2,1-3H3,(H,14,17)(H3,13,15,18). The van der Waals surface area contributed by atoms with E-state index in [0.29, 0.717) is 18.8 Å². The highest BCUT2D eigenvalue weighted by Gasteiger charge is 2.22. The third-order valence-electron chi connectivity index (χ3n) is 2.57. The number of hydrogen-bond donors (Lipinski definition) is 4. The molecule has 19 heavy (non-hydrogen) atoms. The molecule has 0 aliphatic carbocycles. The molecule has 0 aromatic rings. The third-order valence-corrected chi connectivity index (χ3v) is 3.21. The van der Waals surface area contributed by atoms with Crippen molar-refractivity contribution >= 4 is 23.7 Å². The summed E-state index contributed by atoms with van der Waals surface area (Å²) in [6, 6.07) is -1.66. The Morgan fingerprint density at radius 1 is 1.32 bits per heavy atom. The smallest absolute Gasteiger partial charge is 0.312 e. The summed E-state index contributed by atoms with van der Waals surface area (Å²) in [5.74, 6) is 0.811. The second kappa shape index (κ2) is 9.91. The number of amides is 3. The molecular weight excluding hydrogens is 266 g/mol. The highest BCUT2D eigenvalue weighted by atomic mass is 32.2. The number of nitrogens with two attached hydrogens (primary N) is 1. The van der Waals surface area contributed by atoms with Crippen molar-refractivity contribution in [2.45, 2.75) is 38.8 Å². The molecule has 112 valence electrons. The van der Waals surface area contributed by atoms with Gasteiger partial charge < -0.3 is 21.5 Å². The minimum Gasteiger partial charge on any atom is -0.394 e. The van der Waals surface area contributed by atoms with Gasteiger partial charge >= 0.3 is 6.03 Å². The topological polar surface area (TPSA) is 104 Å². The average Bonchev–Trinajstić information content (AvgIpc) is 2.32. The molecule has 0 heterocycles. The first-order valence-corrected chi connectivity index (χ1v) is 7.76. The normalized spacial score (nSPS) is 13.9. The largest absolute Gasteiger partial charge is 0.394 e. The summed E-state index contributed by atoms with van der Waals surface area (Å²) in [4.78, 5) is 22.9. The second-order valence-corrected chi connectivity index (χ2v) is 5.85. The molecule has 0 saturated carbocycles. The molecule has 7 heteroatoms. The number of carbonyl (C=O) groups is 2. The van der Waals surface area contributed by atoms with Crippen LogP contribution >= 0.6 is 11.8 Å². The maximum atomic E-state index is 12.0.